The summed E-state index contributed by atoms with van der Waals surface area (Å²) < 4.78 is 4.90. The number of rotatable bonds is 3. The molecule has 3 aliphatic rings. The Morgan fingerprint density at radius 1 is 1.25 bits per heavy atom. The molecule has 4 heteroatoms. The van der Waals surface area contributed by atoms with Crippen LogP contribution in [0, 0.1) is 17.8 Å². The number of fused-ring (bicyclic) bond motifs is 3. The molecular formula is C20H25NO3. The molecule has 4 rings (SSSR count). The first-order valence-electron chi connectivity index (χ1n) is 9.18. The number of carbonyl (C=O) groups excluding carboxylic acids is 2. The predicted octanol–water partition coefficient (Wildman–Crippen LogP) is 3.58. The summed E-state index contributed by atoms with van der Waals surface area (Å²) >= 11 is 0. The summed E-state index contributed by atoms with van der Waals surface area (Å²) in [4.78, 5) is 26.9. The zero-order valence-corrected chi connectivity index (χ0v) is 14.3. The van der Waals surface area contributed by atoms with Crippen molar-refractivity contribution in [3.05, 3.63) is 29.3 Å². The molecule has 2 saturated carbocycles. The van der Waals surface area contributed by atoms with Gasteiger partial charge in [0.15, 0.2) is 0 Å². The van der Waals surface area contributed by atoms with Crippen molar-refractivity contribution >= 4 is 17.6 Å². The molecule has 3 unspecified atom stereocenters. The summed E-state index contributed by atoms with van der Waals surface area (Å²) in [6, 6.07) is 5.63. The van der Waals surface area contributed by atoms with E-state index in [4.69, 9.17) is 4.74 Å². The maximum absolute atomic E-state index is 13.0. The van der Waals surface area contributed by atoms with Crippen molar-refractivity contribution in [1.29, 1.82) is 0 Å². The second kappa shape index (κ2) is 6.23. The summed E-state index contributed by atoms with van der Waals surface area (Å²) in [5.74, 6) is 2.13. The van der Waals surface area contributed by atoms with E-state index in [1.54, 1.807) is 6.07 Å². The van der Waals surface area contributed by atoms with Gasteiger partial charge >= 0.3 is 5.97 Å². The fourth-order valence-electron chi connectivity index (χ4n) is 5.15. The molecule has 2 aliphatic carbocycles. The third kappa shape index (κ3) is 2.62. The molecule has 1 aromatic carbocycles. The minimum atomic E-state index is -0.311. The zero-order chi connectivity index (χ0) is 16.7. The Balaban J connectivity index is 1.55. The Hall–Kier alpha value is -1.84. The topological polar surface area (TPSA) is 46.6 Å². The van der Waals surface area contributed by atoms with Crippen LogP contribution in [0.15, 0.2) is 18.2 Å². The van der Waals surface area contributed by atoms with E-state index in [-0.39, 0.29) is 11.9 Å². The van der Waals surface area contributed by atoms with Gasteiger partial charge in [-0.05, 0) is 67.6 Å². The standard InChI is InChI=1S/C20H25NO3/c1-24-20(23)17-4-2-6-18-16(17)5-3-9-21(18)19(22)12-15-11-13-7-8-14(15)10-13/h2,4,6,13-15H,3,5,7-12H2,1H3. The summed E-state index contributed by atoms with van der Waals surface area (Å²) in [6.07, 6.45) is 7.65. The van der Waals surface area contributed by atoms with Crippen LogP contribution in [0.5, 0.6) is 0 Å². The number of anilines is 1. The van der Waals surface area contributed by atoms with Gasteiger partial charge in [-0.2, -0.15) is 0 Å². The Labute approximate surface area is 143 Å². The number of hydrogen-bond donors (Lipinski definition) is 0. The number of benzene rings is 1. The zero-order valence-electron chi connectivity index (χ0n) is 14.3. The Bertz CT molecular complexity index is 669. The van der Waals surface area contributed by atoms with Crippen LogP contribution < -0.4 is 4.90 Å². The van der Waals surface area contributed by atoms with Gasteiger partial charge < -0.3 is 9.64 Å². The van der Waals surface area contributed by atoms with Gasteiger partial charge in [0.05, 0.1) is 12.7 Å². The first-order valence-corrected chi connectivity index (χ1v) is 9.18. The van der Waals surface area contributed by atoms with Gasteiger partial charge in [0.1, 0.15) is 0 Å². The molecule has 0 N–H and O–H groups in total. The van der Waals surface area contributed by atoms with Crippen molar-refractivity contribution < 1.29 is 14.3 Å². The molecule has 1 aliphatic heterocycles. The van der Waals surface area contributed by atoms with E-state index in [1.807, 2.05) is 17.0 Å². The van der Waals surface area contributed by atoms with Crippen molar-refractivity contribution in [3.63, 3.8) is 0 Å². The van der Waals surface area contributed by atoms with E-state index in [9.17, 15) is 9.59 Å². The Morgan fingerprint density at radius 2 is 2.12 bits per heavy atom. The summed E-state index contributed by atoms with van der Waals surface area (Å²) in [7, 11) is 1.41. The lowest BCUT2D eigenvalue weighted by Gasteiger charge is -2.32. The van der Waals surface area contributed by atoms with Gasteiger partial charge in [-0.3, -0.25) is 4.79 Å². The SMILES string of the molecule is COC(=O)c1cccc2c1CCCN2C(=O)CC1CC2CCC1C2. The fourth-order valence-corrected chi connectivity index (χ4v) is 5.15. The van der Waals surface area contributed by atoms with E-state index in [0.717, 1.165) is 42.5 Å². The lowest BCUT2D eigenvalue weighted by Crippen LogP contribution is -2.37. The molecule has 0 spiro atoms. The molecule has 0 radical (unpaired) electrons. The van der Waals surface area contributed by atoms with Crippen molar-refractivity contribution in [1.82, 2.24) is 0 Å². The Morgan fingerprint density at radius 3 is 2.83 bits per heavy atom. The van der Waals surface area contributed by atoms with Crippen LogP contribution >= 0.6 is 0 Å². The van der Waals surface area contributed by atoms with Gasteiger partial charge in [0.2, 0.25) is 5.91 Å². The summed E-state index contributed by atoms with van der Waals surface area (Å²) in [5, 5.41) is 0. The van der Waals surface area contributed by atoms with Crippen LogP contribution in [0.4, 0.5) is 5.69 Å². The van der Waals surface area contributed by atoms with Crippen LogP contribution in [0.25, 0.3) is 0 Å². The number of esters is 1. The maximum Gasteiger partial charge on any atom is 0.338 e. The van der Waals surface area contributed by atoms with Crippen LogP contribution in [-0.2, 0) is 16.0 Å². The highest BCUT2D eigenvalue weighted by Gasteiger charge is 2.41. The number of carbonyl (C=O) groups is 2. The molecular weight excluding hydrogens is 302 g/mol. The number of nitrogens with zero attached hydrogens (tertiary/aromatic N) is 1. The monoisotopic (exact) mass is 327 g/mol. The van der Waals surface area contributed by atoms with Crippen LogP contribution in [0.3, 0.4) is 0 Å². The summed E-state index contributed by atoms with van der Waals surface area (Å²) in [6.45, 7) is 0.761. The van der Waals surface area contributed by atoms with Gasteiger partial charge in [-0.15, -0.1) is 0 Å². The number of ether oxygens (including phenoxy) is 1. The highest BCUT2D eigenvalue weighted by molar-refractivity contribution is 5.98. The normalized spacial score (nSPS) is 27.9. The molecule has 0 saturated heterocycles. The van der Waals surface area contributed by atoms with E-state index in [2.05, 4.69) is 0 Å². The minimum absolute atomic E-state index is 0.232. The number of hydrogen-bond acceptors (Lipinski definition) is 3. The van der Waals surface area contributed by atoms with E-state index in [1.165, 1.54) is 32.8 Å². The first-order chi connectivity index (χ1) is 11.7. The first kappa shape index (κ1) is 15.7. The van der Waals surface area contributed by atoms with Gasteiger partial charge in [-0.1, -0.05) is 12.5 Å². The van der Waals surface area contributed by atoms with Crippen molar-refractivity contribution in [2.75, 3.05) is 18.6 Å². The third-order valence-corrected chi connectivity index (χ3v) is 6.28. The third-order valence-electron chi connectivity index (χ3n) is 6.28. The lowest BCUT2D eigenvalue weighted by atomic mass is 9.85. The molecule has 2 bridgehead atoms. The largest absolute Gasteiger partial charge is 0.465 e. The number of amides is 1. The van der Waals surface area contributed by atoms with Crippen molar-refractivity contribution in [2.24, 2.45) is 17.8 Å². The smallest absolute Gasteiger partial charge is 0.338 e. The highest BCUT2D eigenvalue weighted by atomic mass is 16.5. The van der Waals surface area contributed by atoms with Crippen LogP contribution in [0.1, 0.15) is 54.4 Å². The van der Waals surface area contributed by atoms with Crippen LogP contribution in [-0.4, -0.2) is 25.5 Å². The second-order valence-electron chi connectivity index (χ2n) is 7.58. The van der Waals surface area contributed by atoms with Gasteiger partial charge in [-0.25, -0.2) is 4.79 Å². The van der Waals surface area contributed by atoms with E-state index < -0.39 is 0 Å². The minimum Gasteiger partial charge on any atom is -0.465 e. The van der Waals surface area contributed by atoms with Gasteiger partial charge in [0.25, 0.3) is 0 Å². The second-order valence-corrected chi connectivity index (χ2v) is 7.58. The molecule has 1 amide bonds. The van der Waals surface area contributed by atoms with E-state index >= 15 is 0 Å². The molecule has 0 aromatic heterocycles. The average Bonchev–Trinajstić information content (AvgIpc) is 3.23. The summed E-state index contributed by atoms with van der Waals surface area (Å²) in [5.41, 5.74) is 2.49. The highest BCUT2D eigenvalue weighted by Crippen LogP contribution is 2.49. The van der Waals surface area contributed by atoms with E-state index in [0.29, 0.717) is 17.9 Å². The number of methoxy groups -OCH3 is 1. The molecule has 1 aromatic rings. The lowest BCUT2D eigenvalue weighted by molar-refractivity contribution is -0.120. The molecule has 3 atom stereocenters. The van der Waals surface area contributed by atoms with Gasteiger partial charge in [0, 0.05) is 18.7 Å². The molecule has 1 heterocycles. The molecule has 4 nitrogen and oxygen atoms in total. The maximum atomic E-state index is 13.0. The van der Waals surface area contributed by atoms with Crippen molar-refractivity contribution in [3.8, 4) is 0 Å². The Kier molecular flexibility index (Phi) is 4.07. The molecule has 128 valence electrons. The van der Waals surface area contributed by atoms with Crippen LogP contribution in [0.2, 0.25) is 0 Å². The quantitative estimate of drug-likeness (QED) is 0.797. The fraction of sp³-hybridized carbons (Fsp3) is 0.600. The molecule has 2 fully saturated rings. The average molecular weight is 327 g/mol. The predicted molar refractivity (Wildman–Crippen MR) is 92.0 cm³/mol. The van der Waals surface area contributed by atoms with Crippen molar-refractivity contribution in [2.45, 2.75) is 44.9 Å². The molecule has 24 heavy (non-hydrogen) atoms.